The van der Waals surface area contributed by atoms with E-state index in [1.807, 2.05) is 0 Å². The van der Waals surface area contributed by atoms with E-state index in [9.17, 15) is 0 Å². The molecule has 0 saturated carbocycles. The van der Waals surface area contributed by atoms with Gasteiger partial charge >= 0.3 is 0 Å². The summed E-state index contributed by atoms with van der Waals surface area (Å²) in [6.07, 6.45) is 0. The molecule has 30 heavy (non-hydrogen) atoms. The highest BCUT2D eigenvalue weighted by Gasteiger charge is 2.36. The van der Waals surface area contributed by atoms with Gasteiger partial charge in [0.05, 0.1) is 16.1 Å². The molecule has 0 heterocycles. The van der Waals surface area contributed by atoms with Crippen molar-refractivity contribution in [3.8, 4) is 0 Å². The van der Waals surface area contributed by atoms with Gasteiger partial charge in [0.25, 0.3) is 0 Å². The smallest absolute Gasteiger partial charge is 0.109 e. The lowest BCUT2D eigenvalue weighted by molar-refractivity contribution is 0.554. The van der Waals surface area contributed by atoms with E-state index in [0.717, 1.165) is 6.05 Å². The number of hydrogen-bond donors (Lipinski definition) is 0. The molecule has 0 aliphatic heterocycles. The summed E-state index contributed by atoms with van der Waals surface area (Å²) in [5, 5.41) is 1.31. The first kappa shape index (κ1) is 27.7. The van der Waals surface area contributed by atoms with Gasteiger partial charge in [-0.1, -0.05) is 125 Å². The Morgan fingerprint density at radius 3 is 1.23 bits per heavy atom. The molecule has 1 atom stereocenters. The third kappa shape index (κ3) is 6.33. The molecule has 0 N–H and O–H groups in total. The van der Waals surface area contributed by atoms with Crippen molar-refractivity contribution in [2.45, 2.75) is 118 Å². The fourth-order valence-corrected chi connectivity index (χ4v) is 22.0. The maximum atomic E-state index is 15.1. The van der Waals surface area contributed by atoms with Crippen molar-refractivity contribution < 1.29 is 4.39 Å². The van der Waals surface area contributed by atoms with Crippen LogP contribution in [0.3, 0.4) is 0 Å². The van der Waals surface area contributed by atoms with Crippen molar-refractivity contribution in [3.63, 3.8) is 0 Å². The number of benzene rings is 1. The topological polar surface area (TPSA) is 0 Å². The number of halogens is 1. The van der Waals surface area contributed by atoms with Crippen molar-refractivity contribution in [1.82, 2.24) is 0 Å². The average molecular weight is 467 g/mol. The Morgan fingerprint density at radius 1 is 0.700 bits per heavy atom. The summed E-state index contributed by atoms with van der Waals surface area (Å²) >= 11 is 0. The largest absolute Gasteiger partial charge is 0.211 e. The third-order valence-corrected chi connectivity index (χ3v) is 20.0. The zero-order chi connectivity index (χ0) is 24.1. The summed E-state index contributed by atoms with van der Waals surface area (Å²) < 4.78 is 16.6. The highest BCUT2D eigenvalue weighted by Crippen LogP contribution is 2.39. The van der Waals surface area contributed by atoms with Crippen LogP contribution >= 0.6 is 7.17 Å². The molecule has 0 aromatic heterocycles. The summed E-state index contributed by atoms with van der Waals surface area (Å²) in [7, 11) is -4.40. The van der Waals surface area contributed by atoms with Crippen LogP contribution in [0.2, 0.25) is 39.3 Å². The summed E-state index contributed by atoms with van der Waals surface area (Å²) in [6, 6.07) is 5.89. The zero-order valence-electron chi connectivity index (χ0n) is 22.6. The van der Waals surface area contributed by atoms with Crippen LogP contribution in [0.15, 0.2) is 12.1 Å². The Hall–Kier alpha value is -0.376. The minimum absolute atomic E-state index is 0.0375. The highest BCUT2D eigenvalue weighted by molar-refractivity contribution is 7.78. The first-order valence-corrected chi connectivity index (χ1v) is 19.7. The quantitative estimate of drug-likeness (QED) is 0.310. The van der Waals surface area contributed by atoms with Crippen LogP contribution in [0, 0.1) is 0 Å². The maximum Gasteiger partial charge on any atom is 0.109 e. The van der Waals surface area contributed by atoms with Crippen molar-refractivity contribution in [1.29, 1.82) is 0 Å². The molecule has 0 fully saturated rings. The van der Waals surface area contributed by atoms with E-state index in [0.29, 0.717) is 0 Å². The molecule has 1 rings (SSSR count). The van der Waals surface area contributed by atoms with Gasteiger partial charge in [-0.3, -0.25) is 0 Å². The molecular weight excluding hydrogens is 418 g/mol. The van der Waals surface area contributed by atoms with Crippen molar-refractivity contribution in [3.05, 3.63) is 28.8 Å². The van der Waals surface area contributed by atoms with Crippen LogP contribution in [0.25, 0.3) is 0 Å². The average Bonchev–Trinajstić information content (AvgIpc) is 2.45. The predicted octanol–water partition coefficient (Wildman–Crippen LogP) is 8.34. The molecule has 0 radical (unpaired) electrons. The van der Waals surface area contributed by atoms with E-state index >= 15 is 4.39 Å². The Bertz CT molecular complexity index is 817. The van der Waals surface area contributed by atoms with Crippen molar-refractivity contribution in [2.75, 3.05) is 0 Å². The highest BCUT2D eigenvalue weighted by atomic mass is 31.1. The van der Waals surface area contributed by atoms with Gasteiger partial charge in [0.1, 0.15) is 6.05 Å². The molecule has 0 amide bonds. The molecule has 0 aliphatic rings. The van der Waals surface area contributed by atoms with Gasteiger partial charge < -0.3 is 0 Å². The number of hydrogen-bond acceptors (Lipinski definition) is 0. The molecule has 172 valence electrons. The third-order valence-electron chi connectivity index (χ3n) is 5.59. The Morgan fingerprint density at radius 2 is 1.03 bits per heavy atom. The van der Waals surface area contributed by atoms with E-state index in [1.54, 1.807) is 4.54 Å². The summed E-state index contributed by atoms with van der Waals surface area (Å²) in [6.45, 7) is 35.1. The lowest BCUT2D eigenvalue weighted by Gasteiger charge is -2.37. The second-order valence-electron chi connectivity index (χ2n) is 14.0. The van der Waals surface area contributed by atoms with Gasteiger partial charge in [-0.25, -0.2) is 4.39 Å². The minimum atomic E-state index is -1.67. The molecule has 0 nitrogen and oxygen atoms in total. The summed E-state index contributed by atoms with van der Waals surface area (Å²) in [5.74, 6) is 0. The SMILES string of the molecule is CC(C)(C)c1cc(C(C)(C)C)c(/P(=C\F)=C([Si](C)(C)C)[Si](C)(C)C)c(C(C)(C)C)c1. The van der Waals surface area contributed by atoms with Gasteiger partial charge in [0.15, 0.2) is 0 Å². The second kappa shape index (κ2) is 8.52. The first-order chi connectivity index (χ1) is 13.0. The number of rotatable bonds is 3. The summed E-state index contributed by atoms with van der Waals surface area (Å²) in [5.41, 5.74) is 4.03. The van der Waals surface area contributed by atoms with E-state index in [-0.39, 0.29) is 16.2 Å². The molecule has 0 aliphatic carbocycles. The lowest BCUT2D eigenvalue weighted by Crippen LogP contribution is -2.49. The Balaban J connectivity index is 4.48. The summed E-state index contributed by atoms with van der Waals surface area (Å²) in [4.78, 5) is 0. The monoisotopic (exact) mass is 466 g/mol. The van der Waals surface area contributed by atoms with Crippen LogP contribution in [-0.2, 0) is 16.2 Å². The van der Waals surface area contributed by atoms with Gasteiger partial charge in [-0.15, -0.1) is 0 Å². The van der Waals surface area contributed by atoms with Gasteiger partial charge in [-0.05, 0) is 32.9 Å². The fraction of sp³-hybridized carbons (Fsp3) is 0.692. The lowest BCUT2D eigenvalue weighted by atomic mass is 9.75. The van der Waals surface area contributed by atoms with Gasteiger partial charge in [0.2, 0.25) is 0 Å². The second-order valence-corrected chi connectivity index (χ2v) is 27.2. The van der Waals surface area contributed by atoms with E-state index in [1.165, 1.54) is 22.0 Å². The van der Waals surface area contributed by atoms with Gasteiger partial charge in [-0.2, -0.15) is 0 Å². The van der Waals surface area contributed by atoms with Crippen molar-refractivity contribution >= 4 is 39.2 Å². The molecule has 0 saturated heterocycles. The molecule has 1 unspecified atom stereocenters. The Labute approximate surface area is 190 Å². The minimum Gasteiger partial charge on any atom is -0.211 e. The van der Waals surface area contributed by atoms with E-state index in [2.05, 4.69) is 114 Å². The molecule has 0 spiro atoms. The van der Waals surface area contributed by atoms with Crippen molar-refractivity contribution in [2.24, 2.45) is 0 Å². The molecule has 1 aromatic rings. The van der Waals surface area contributed by atoms with Crippen LogP contribution in [0.5, 0.6) is 0 Å². The van der Waals surface area contributed by atoms with E-state index in [4.69, 9.17) is 0 Å². The van der Waals surface area contributed by atoms with E-state index < -0.39 is 23.3 Å². The maximum absolute atomic E-state index is 15.1. The zero-order valence-corrected chi connectivity index (χ0v) is 25.5. The molecule has 0 bridgehead atoms. The van der Waals surface area contributed by atoms with Gasteiger partial charge in [0, 0.05) is 5.30 Å². The van der Waals surface area contributed by atoms with Crippen LogP contribution in [-0.4, -0.2) is 26.7 Å². The fourth-order valence-electron chi connectivity index (χ4n) is 4.53. The van der Waals surface area contributed by atoms with Crippen LogP contribution < -0.4 is 5.30 Å². The first-order valence-electron chi connectivity index (χ1n) is 11.3. The predicted molar refractivity (Wildman–Crippen MR) is 148 cm³/mol. The van der Waals surface area contributed by atoms with Crippen LogP contribution in [0.4, 0.5) is 4.39 Å². The Kier molecular flexibility index (Phi) is 7.86. The molecule has 1 aromatic carbocycles. The standard InChI is InChI=1S/C26H48FPSi2/c1-24(2,3)19-16-20(25(4,5)6)22(21(17-19)26(7,8)9)28(18-27)23(29(10,11)12)30(13,14)15/h16-18H,1-15H3. The molecular formula is C26H48FPSi2. The van der Waals surface area contributed by atoms with Crippen LogP contribution in [0.1, 0.15) is 79.0 Å². The molecule has 4 heteroatoms. The normalized spacial score (nSPS) is 14.9.